The number of nitrogens with zero attached hydrogens (tertiary/aromatic N) is 2. The van der Waals surface area contributed by atoms with Gasteiger partial charge in [0.1, 0.15) is 12.3 Å². The first-order valence-electron chi connectivity index (χ1n) is 9.34. The highest BCUT2D eigenvalue weighted by molar-refractivity contribution is 8.03. The quantitative estimate of drug-likeness (QED) is 0.418. The van der Waals surface area contributed by atoms with Gasteiger partial charge in [0.2, 0.25) is 0 Å². The molecule has 0 bridgehead atoms. The Kier molecular flexibility index (Phi) is 5.56. The number of carbonyl (C=O) groups excluding carboxylic acids is 1. The van der Waals surface area contributed by atoms with E-state index in [0.717, 1.165) is 30.7 Å². The maximum absolute atomic E-state index is 12.8. The number of nitro benzene ring substituents is 1. The number of non-ortho nitro benzene ring substituents is 1. The summed E-state index contributed by atoms with van der Waals surface area (Å²) in [7, 11) is 0. The Morgan fingerprint density at radius 1 is 1.39 bits per heavy atom. The third kappa shape index (κ3) is 3.87. The first kappa shape index (κ1) is 19.2. The summed E-state index contributed by atoms with van der Waals surface area (Å²) in [5.74, 6) is -0.347. The van der Waals surface area contributed by atoms with E-state index in [1.165, 1.54) is 12.1 Å². The van der Waals surface area contributed by atoms with Gasteiger partial charge in [0, 0.05) is 41.3 Å². The summed E-state index contributed by atoms with van der Waals surface area (Å²) < 4.78 is 11.1. The minimum Gasteiger partial charge on any atom is -0.456 e. The average molecular weight is 406 g/mol. The van der Waals surface area contributed by atoms with Crippen LogP contribution in [0.1, 0.15) is 24.8 Å². The van der Waals surface area contributed by atoms with Gasteiger partial charge >= 0.3 is 5.97 Å². The molecule has 2 fully saturated rings. The van der Waals surface area contributed by atoms with Gasteiger partial charge < -0.3 is 19.5 Å². The van der Waals surface area contributed by atoms with Crippen LogP contribution in [0.5, 0.6) is 0 Å². The molecule has 0 aliphatic carbocycles. The molecule has 4 rings (SSSR count). The molecule has 3 unspecified atom stereocenters. The molecule has 0 amide bonds. The standard InChI is InChI=1S/C19H22N2O6S/c22-9-15-8-16(11-26-15)28-17-7-14-5-6-20(14)18(17)19(23)27-10-12-1-3-13(4-2-12)21(24)25/h1-4,14-16,22H,5-11H2. The van der Waals surface area contributed by atoms with Gasteiger partial charge in [-0.25, -0.2) is 4.79 Å². The number of thioether (sulfide) groups is 1. The highest BCUT2D eigenvalue weighted by Gasteiger charge is 2.43. The summed E-state index contributed by atoms with van der Waals surface area (Å²) >= 11 is 1.67. The topological polar surface area (TPSA) is 102 Å². The zero-order valence-electron chi connectivity index (χ0n) is 15.3. The lowest BCUT2D eigenvalue weighted by atomic mass is 10.0. The molecule has 1 aromatic carbocycles. The molecule has 0 aromatic heterocycles. The Hall–Kier alpha value is -2.10. The van der Waals surface area contributed by atoms with E-state index in [0.29, 0.717) is 23.9 Å². The van der Waals surface area contributed by atoms with Crippen LogP contribution in [0.15, 0.2) is 34.9 Å². The lowest BCUT2D eigenvalue weighted by Crippen LogP contribution is -2.44. The van der Waals surface area contributed by atoms with Crippen LogP contribution in [0.4, 0.5) is 5.69 Å². The maximum atomic E-state index is 12.8. The average Bonchev–Trinajstić information content (AvgIpc) is 3.23. The Morgan fingerprint density at radius 3 is 2.79 bits per heavy atom. The summed E-state index contributed by atoms with van der Waals surface area (Å²) in [5, 5.41) is 20.2. The molecule has 3 aliphatic heterocycles. The predicted octanol–water partition coefficient (Wildman–Crippen LogP) is 2.21. The summed E-state index contributed by atoms with van der Waals surface area (Å²) in [6, 6.07) is 6.38. The lowest BCUT2D eigenvalue weighted by molar-refractivity contribution is -0.384. The maximum Gasteiger partial charge on any atom is 0.355 e. The number of hydrogen-bond acceptors (Lipinski definition) is 8. The molecule has 3 atom stereocenters. The number of aliphatic hydroxyl groups excluding tert-OH is 1. The van der Waals surface area contributed by atoms with Crippen molar-refractivity contribution < 1.29 is 24.3 Å². The van der Waals surface area contributed by atoms with E-state index in [2.05, 4.69) is 4.90 Å². The number of aliphatic hydroxyl groups is 1. The van der Waals surface area contributed by atoms with E-state index in [-0.39, 0.29) is 36.2 Å². The van der Waals surface area contributed by atoms with Crippen LogP contribution in [0.3, 0.4) is 0 Å². The molecule has 2 saturated heterocycles. The highest BCUT2D eigenvalue weighted by Crippen LogP contribution is 2.45. The number of carbonyl (C=O) groups is 1. The van der Waals surface area contributed by atoms with Crippen LogP contribution in [-0.4, -0.2) is 58.1 Å². The Bertz CT molecular complexity index is 796. The summed E-state index contributed by atoms with van der Waals surface area (Å²) in [4.78, 5) is 26.2. The number of rotatable bonds is 7. The fourth-order valence-electron chi connectivity index (χ4n) is 3.77. The van der Waals surface area contributed by atoms with E-state index < -0.39 is 4.92 Å². The fourth-order valence-corrected chi connectivity index (χ4v) is 5.23. The van der Waals surface area contributed by atoms with Crippen LogP contribution >= 0.6 is 11.8 Å². The zero-order valence-corrected chi connectivity index (χ0v) is 16.1. The number of benzene rings is 1. The number of fused-ring (bicyclic) bond motifs is 1. The minimum absolute atomic E-state index is 0.00986. The van der Waals surface area contributed by atoms with E-state index in [1.54, 1.807) is 23.9 Å². The van der Waals surface area contributed by atoms with Gasteiger partial charge in [0.05, 0.1) is 24.2 Å². The van der Waals surface area contributed by atoms with Crippen LogP contribution < -0.4 is 0 Å². The molecular weight excluding hydrogens is 384 g/mol. The Balaban J connectivity index is 1.40. The number of nitro groups is 1. The van der Waals surface area contributed by atoms with Gasteiger partial charge in [0.15, 0.2) is 0 Å². The van der Waals surface area contributed by atoms with Crippen LogP contribution in [0.25, 0.3) is 0 Å². The van der Waals surface area contributed by atoms with Crippen molar-refractivity contribution in [2.75, 3.05) is 19.8 Å². The highest BCUT2D eigenvalue weighted by atomic mass is 32.2. The second kappa shape index (κ2) is 8.10. The molecule has 1 aromatic rings. The molecule has 150 valence electrons. The number of esters is 1. The molecule has 8 nitrogen and oxygen atoms in total. The number of ether oxygens (including phenoxy) is 2. The first-order valence-corrected chi connectivity index (χ1v) is 10.2. The van der Waals surface area contributed by atoms with Gasteiger partial charge in [0.25, 0.3) is 5.69 Å². The van der Waals surface area contributed by atoms with Crippen molar-refractivity contribution in [1.82, 2.24) is 4.90 Å². The summed E-state index contributed by atoms with van der Waals surface area (Å²) in [6.45, 7) is 1.54. The Labute approximate surface area is 166 Å². The van der Waals surface area contributed by atoms with Gasteiger partial charge in [-0.2, -0.15) is 0 Å². The van der Waals surface area contributed by atoms with Crippen LogP contribution in [0.2, 0.25) is 0 Å². The van der Waals surface area contributed by atoms with Crippen molar-refractivity contribution >= 4 is 23.4 Å². The molecule has 3 heterocycles. The molecule has 1 N–H and O–H groups in total. The largest absolute Gasteiger partial charge is 0.456 e. The molecule has 3 aliphatic rings. The molecule has 0 spiro atoms. The SMILES string of the molecule is O=C(OCc1ccc([N+](=O)[O-])cc1)C1=C(SC2COC(CO)C2)CC2CCN12. The van der Waals surface area contributed by atoms with E-state index >= 15 is 0 Å². The van der Waals surface area contributed by atoms with E-state index in [1.807, 2.05) is 0 Å². The van der Waals surface area contributed by atoms with Crippen molar-refractivity contribution in [2.45, 2.75) is 43.3 Å². The minimum atomic E-state index is -0.458. The summed E-state index contributed by atoms with van der Waals surface area (Å²) in [6.07, 6.45) is 2.59. The van der Waals surface area contributed by atoms with E-state index in [4.69, 9.17) is 9.47 Å². The first-order chi connectivity index (χ1) is 13.5. The zero-order chi connectivity index (χ0) is 19.7. The van der Waals surface area contributed by atoms with Crippen LogP contribution in [-0.2, 0) is 20.9 Å². The van der Waals surface area contributed by atoms with Crippen molar-refractivity contribution in [3.05, 3.63) is 50.5 Å². The third-order valence-corrected chi connectivity index (χ3v) is 6.69. The van der Waals surface area contributed by atoms with E-state index in [9.17, 15) is 20.0 Å². The number of hydrogen-bond donors (Lipinski definition) is 1. The Morgan fingerprint density at radius 2 is 2.18 bits per heavy atom. The predicted molar refractivity (Wildman–Crippen MR) is 102 cm³/mol. The molecule has 0 radical (unpaired) electrons. The van der Waals surface area contributed by atoms with Crippen molar-refractivity contribution in [3.63, 3.8) is 0 Å². The monoisotopic (exact) mass is 406 g/mol. The van der Waals surface area contributed by atoms with Gasteiger partial charge in [-0.05, 0) is 30.5 Å². The van der Waals surface area contributed by atoms with Gasteiger partial charge in [-0.3, -0.25) is 10.1 Å². The van der Waals surface area contributed by atoms with Crippen molar-refractivity contribution in [3.8, 4) is 0 Å². The van der Waals surface area contributed by atoms with Crippen molar-refractivity contribution in [2.24, 2.45) is 0 Å². The lowest BCUT2D eigenvalue weighted by Gasteiger charge is -2.38. The normalized spacial score (nSPS) is 26.2. The summed E-state index contributed by atoms with van der Waals surface area (Å²) in [5.41, 5.74) is 1.37. The fraction of sp³-hybridized carbons (Fsp3) is 0.526. The third-order valence-electron chi connectivity index (χ3n) is 5.38. The molecule has 28 heavy (non-hydrogen) atoms. The molecule has 0 saturated carbocycles. The second-order valence-corrected chi connectivity index (χ2v) is 8.62. The second-order valence-electron chi connectivity index (χ2n) is 7.22. The smallest absolute Gasteiger partial charge is 0.355 e. The molecule has 9 heteroatoms. The molecular formula is C19H22N2O6S. The van der Waals surface area contributed by atoms with Crippen LogP contribution in [0, 0.1) is 10.1 Å². The van der Waals surface area contributed by atoms with Gasteiger partial charge in [-0.1, -0.05) is 0 Å². The van der Waals surface area contributed by atoms with Gasteiger partial charge in [-0.15, -0.1) is 11.8 Å². The van der Waals surface area contributed by atoms with Crippen molar-refractivity contribution in [1.29, 1.82) is 0 Å².